The standard InChI is InChI=1S/C20H17N3O5S/c1-13-6-11-16(23(25)26)12-18(13)20(24)22-15-9-7-14(8-10-15)17-4-2-3-5-19(17)29(21,27)28/h2-12H,1H3,(H,22,24)(H2,21,27,28). The van der Waals surface area contributed by atoms with Gasteiger partial charge in [-0.15, -0.1) is 0 Å². The van der Waals surface area contributed by atoms with Gasteiger partial charge in [-0.2, -0.15) is 0 Å². The number of hydrogen-bond acceptors (Lipinski definition) is 5. The third kappa shape index (κ3) is 4.48. The summed E-state index contributed by atoms with van der Waals surface area (Å²) in [6.45, 7) is 1.69. The summed E-state index contributed by atoms with van der Waals surface area (Å²) >= 11 is 0. The summed E-state index contributed by atoms with van der Waals surface area (Å²) in [6, 6.07) is 16.9. The molecule has 3 aromatic rings. The molecule has 0 fully saturated rings. The summed E-state index contributed by atoms with van der Waals surface area (Å²) < 4.78 is 23.6. The molecule has 0 heterocycles. The van der Waals surface area contributed by atoms with E-state index in [0.717, 1.165) is 0 Å². The molecule has 0 radical (unpaired) electrons. The molecule has 0 unspecified atom stereocenters. The Labute approximate surface area is 167 Å². The zero-order valence-corrected chi connectivity index (χ0v) is 16.1. The summed E-state index contributed by atoms with van der Waals surface area (Å²) in [5, 5.41) is 18.9. The molecule has 0 aliphatic carbocycles. The van der Waals surface area contributed by atoms with E-state index in [9.17, 15) is 23.3 Å². The number of nitrogens with one attached hydrogen (secondary N) is 1. The fraction of sp³-hybridized carbons (Fsp3) is 0.0500. The van der Waals surface area contributed by atoms with Crippen LogP contribution in [0, 0.1) is 17.0 Å². The molecule has 148 valence electrons. The summed E-state index contributed by atoms with van der Waals surface area (Å²) in [4.78, 5) is 22.9. The predicted octanol–water partition coefficient (Wildman–Crippen LogP) is 3.47. The number of primary sulfonamides is 1. The zero-order chi connectivity index (χ0) is 21.2. The molecule has 3 N–H and O–H groups in total. The van der Waals surface area contributed by atoms with Gasteiger partial charge in [0.25, 0.3) is 11.6 Å². The minimum absolute atomic E-state index is 0.00371. The van der Waals surface area contributed by atoms with E-state index in [1.807, 2.05) is 0 Å². The highest BCUT2D eigenvalue weighted by molar-refractivity contribution is 7.89. The van der Waals surface area contributed by atoms with Gasteiger partial charge in [0.15, 0.2) is 0 Å². The molecular weight excluding hydrogens is 394 g/mol. The summed E-state index contributed by atoms with van der Waals surface area (Å²) in [6.07, 6.45) is 0. The van der Waals surface area contributed by atoms with E-state index in [0.29, 0.717) is 22.4 Å². The van der Waals surface area contributed by atoms with Crippen LogP contribution in [-0.2, 0) is 10.0 Å². The van der Waals surface area contributed by atoms with Crippen molar-refractivity contribution >= 4 is 27.3 Å². The molecule has 3 aromatic carbocycles. The SMILES string of the molecule is Cc1ccc([N+](=O)[O-])cc1C(=O)Nc1ccc(-c2ccccc2S(N)(=O)=O)cc1. The van der Waals surface area contributed by atoms with Crippen molar-refractivity contribution in [1.29, 1.82) is 0 Å². The normalized spacial score (nSPS) is 11.1. The lowest BCUT2D eigenvalue weighted by Crippen LogP contribution is -2.14. The van der Waals surface area contributed by atoms with Crippen LogP contribution in [0.15, 0.2) is 71.6 Å². The topological polar surface area (TPSA) is 132 Å². The Morgan fingerprint density at radius 1 is 1.03 bits per heavy atom. The van der Waals surface area contributed by atoms with Crippen LogP contribution in [0.2, 0.25) is 0 Å². The number of hydrogen-bond donors (Lipinski definition) is 2. The zero-order valence-electron chi connectivity index (χ0n) is 15.3. The van der Waals surface area contributed by atoms with Gasteiger partial charge in [0.2, 0.25) is 10.0 Å². The van der Waals surface area contributed by atoms with Crippen LogP contribution in [0.4, 0.5) is 11.4 Å². The third-order valence-corrected chi connectivity index (χ3v) is 5.29. The maximum atomic E-state index is 12.5. The molecule has 8 nitrogen and oxygen atoms in total. The second-order valence-electron chi connectivity index (χ2n) is 6.33. The highest BCUT2D eigenvalue weighted by Crippen LogP contribution is 2.28. The Hall–Kier alpha value is -3.56. The molecule has 0 aliphatic heterocycles. The highest BCUT2D eigenvalue weighted by Gasteiger charge is 2.16. The Morgan fingerprint density at radius 3 is 2.31 bits per heavy atom. The van der Waals surface area contributed by atoms with Gasteiger partial charge < -0.3 is 5.32 Å². The van der Waals surface area contributed by atoms with Crippen molar-refractivity contribution in [3.8, 4) is 11.1 Å². The van der Waals surface area contributed by atoms with E-state index in [4.69, 9.17) is 5.14 Å². The van der Waals surface area contributed by atoms with E-state index in [1.54, 1.807) is 49.4 Å². The Bertz CT molecular complexity index is 1210. The first-order valence-corrected chi connectivity index (χ1v) is 10.00. The number of nitrogens with zero attached hydrogens (tertiary/aromatic N) is 1. The molecule has 29 heavy (non-hydrogen) atoms. The van der Waals surface area contributed by atoms with Gasteiger partial charge in [0, 0.05) is 28.9 Å². The van der Waals surface area contributed by atoms with Crippen molar-refractivity contribution in [3.05, 3.63) is 88.0 Å². The van der Waals surface area contributed by atoms with Crippen LogP contribution in [0.3, 0.4) is 0 Å². The van der Waals surface area contributed by atoms with Gasteiger partial charge in [-0.1, -0.05) is 36.4 Å². The number of benzene rings is 3. The average Bonchev–Trinajstić information content (AvgIpc) is 2.68. The van der Waals surface area contributed by atoms with Gasteiger partial charge in [0.05, 0.1) is 9.82 Å². The molecule has 0 aromatic heterocycles. The molecular formula is C20H17N3O5S. The Morgan fingerprint density at radius 2 is 1.69 bits per heavy atom. The quantitative estimate of drug-likeness (QED) is 0.490. The molecule has 0 atom stereocenters. The molecule has 0 spiro atoms. The number of sulfonamides is 1. The first-order chi connectivity index (χ1) is 13.7. The first-order valence-electron chi connectivity index (χ1n) is 8.45. The van der Waals surface area contributed by atoms with E-state index in [2.05, 4.69) is 5.32 Å². The average molecular weight is 411 g/mol. The van der Waals surface area contributed by atoms with Gasteiger partial charge in [-0.05, 0) is 36.2 Å². The molecule has 9 heteroatoms. The van der Waals surface area contributed by atoms with Crippen molar-refractivity contribution < 1.29 is 18.1 Å². The van der Waals surface area contributed by atoms with Crippen molar-refractivity contribution in [2.24, 2.45) is 5.14 Å². The molecule has 0 aliphatic rings. The summed E-state index contributed by atoms with van der Waals surface area (Å²) in [7, 11) is -3.89. The molecule has 0 saturated carbocycles. The fourth-order valence-corrected chi connectivity index (χ4v) is 3.61. The van der Waals surface area contributed by atoms with Gasteiger partial charge in [0.1, 0.15) is 0 Å². The van der Waals surface area contributed by atoms with E-state index in [-0.39, 0.29) is 16.1 Å². The van der Waals surface area contributed by atoms with E-state index in [1.165, 1.54) is 24.3 Å². The monoisotopic (exact) mass is 411 g/mol. The number of rotatable bonds is 5. The first kappa shape index (κ1) is 20.2. The predicted molar refractivity (Wildman–Crippen MR) is 109 cm³/mol. The minimum atomic E-state index is -3.89. The molecule has 1 amide bonds. The van der Waals surface area contributed by atoms with Crippen LogP contribution in [0.1, 0.15) is 15.9 Å². The lowest BCUT2D eigenvalue weighted by atomic mass is 10.0. The van der Waals surface area contributed by atoms with Crippen LogP contribution >= 0.6 is 0 Å². The van der Waals surface area contributed by atoms with Crippen molar-refractivity contribution in [3.63, 3.8) is 0 Å². The Kier molecular flexibility index (Phi) is 5.44. The largest absolute Gasteiger partial charge is 0.322 e. The number of non-ortho nitro benzene ring substituents is 1. The van der Waals surface area contributed by atoms with Gasteiger partial charge in [-0.3, -0.25) is 14.9 Å². The number of anilines is 1. The van der Waals surface area contributed by atoms with Crippen molar-refractivity contribution in [2.75, 3.05) is 5.32 Å². The van der Waals surface area contributed by atoms with Gasteiger partial charge >= 0.3 is 0 Å². The number of aryl methyl sites for hydroxylation is 1. The number of amides is 1. The summed E-state index contributed by atoms with van der Waals surface area (Å²) in [5.74, 6) is -0.483. The van der Waals surface area contributed by atoms with Gasteiger partial charge in [-0.25, -0.2) is 13.6 Å². The lowest BCUT2D eigenvalue weighted by molar-refractivity contribution is -0.384. The van der Waals surface area contributed by atoms with E-state index >= 15 is 0 Å². The van der Waals surface area contributed by atoms with Crippen LogP contribution < -0.4 is 10.5 Å². The van der Waals surface area contributed by atoms with Crippen LogP contribution in [-0.4, -0.2) is 19.2 Å². The molecule has 0 saturated heterocycles. The van der Waals surface area contributed by atoms with Crippen LogP contribution in [0.5, 0.6) is 0 Å². The van der Waals surface area contributed by atoms with Crippen LogP contribution in [0.25, 0.3) is 11.1 Å². The fourth-order valence-electron chi connectivity index (χ4n) is 2.85. The molecule has 3 rings (SSSR count). The summed E-state index contributed by atoms with van der Waals surface area (Å²) in [5.41, 5.74) is 2.14. The molecule has 0 bridgehead atoms. The lowest BCUT2D eigenvalue weighted by Gasteiger charge is -2.10. The maximum Gasteiger partial charge on any atom is 0.270 e. The number of carbonyl (C=O) groups excluding carboxylic acids is 1. The van der Waals surface area contributed by atoms with Crippen molar-refractivity contribution in [1.82, 2.24) is 0 Å². The van der Waals surface area contributed by atoms with Crippen molar-refractivity contribution in [2.45, 2.75) is 11.8 Å². The smallest absolute Gasteiger partial charge is 0.270 e. The third-order valence-electron chi connectivity index (χ3n) is 4.32. The second kappa shape index (κ2) is 7.82. The Balaban J connectivity index is 1.87. The van der Waals surface area contributed by atoms with E-state index < -0.39 is 20.9 Å². The maximum absolute atomic E-state index is 12.5. The highest BCUT2D eigenvalue weighted by atomic mass is 32.2. The number of nitrogens with two attached hydrogens (primary N) is 1. The number of carbonyl (C=O) groups is 1. The minimum Gasteiger partial charge on any atom is -0.322 e. The number of nitro benzene ring substituents is 1. The number of nitro groups is 1. The second-order valence-corrected chi connectivity index (χ2v) is 7.86.